The maximum absolute atomic E-state index is 12.1. The van der Waals surface area contributed by atoms with Gasteiger partial charge >= 0.3 is 5.97 Å². The first-order valence-corrected chi connectivity index (χ1v) is 9.58. The van der Waals surface area contributed by atoms with Crippen LogP contribution in [0.3, 0.4) is 0 Å². The van der Waals surface area contributed by atoms with Gasteiger partial charge in [0.25, 0.3) is 0 Å². The van der Waals surface area contributed by atoms with Crippen molar-refractivity contribution in [3.8, 4) is 11.3 Å². The quantitative estimate of drug-likeness (QED) is 0.572. The zero-order chi connectivity index (χ0) is 19.9. The molecule has 8 nitrogen and oxygen atoms in total. The Hall–Kier alpha value is -3.07. The van der Waals surface area contributed by atoms with Crippen molar-refractivity contribution in [3.05, 3.63) is 53.9 Å². The summed E-state index contributed by atoms with van der Waals surface area (Å²) in [6, 6.07) is 12.9. The van der Waals surface area contributed by atoms with Crippen LogP contribution < -0.4 is 5.32 Å². The molecule has 0 saturated carbocycles. The molecular weight excluding hydrogens is 382 g/mol. The second-order valence-electron chi connectivity index (χ2n) is 5.97. The first-order valence-electron chi connectivity index (χ1n) is 8.53. The molecule has 3 rings (SSSR count). The number of ether oxygens (including phenoxy) is 1. The van der Waals surface area contributed by atoms with Crippen molar-refractivity contribution in [2.24, 2.45) is 0 Å². The van der Waals surface area contributed by atoms with Crippen molar-refractivity contribution in [2.75, 3.05) is 11.1 Å². The Labute approximate surface area is 165 Å². The Morgan fingerprint density at radius 1 is 1.18 bits per heavy atom. The van der Waals surface area contributed by atoms with Gasteiger partial charge in [-0.25, -0.2) is 0 Å². The molecule has 9 heteroatoms. The van der Waals surface area contributed by atoms with Crippen molar-refractivity contribution in [1.82, 2.24) is 10.3 Å². The third-order valence-corrected chi connectivity index (χ3v) is 4.81. The Morgan fingerprint density at radius 2 is 1.96 bits per heavy atom. The summed E-state index contributed by atoms with van der Waals surface area (Å²) in [6.07, 6.45) is 0. The number of hydrogen-bond acceptors (Lipinski definition) is 8. The van der Waals surface area contributed by atoms with E-state index in [2.05, 4.69) is 15.6 Å². The summed E-state index contributed by atoms with van der Waals surface area (Å²) in [4.78, 5) is 24.0. The van der Waals surface area contributed by atoms with E-state index in [0.29, 0.717) is 23.0 Å². The number of nitrogens with zero attached hydrogens (tertiary/aromatic N) is 2. The lowest BCUT2D eigenvalue weighted by Crippen LogP contribution is -2.24. The fourth-order valence-electron chi connectivity index (χ4n) is 2.24. The predicted molar refractivity (Wildman–Crippen MR) is 104 cm³/mol. The average molecular weight is 401 g/mol. The summed E-state index contributed by atoms with van der Waals surface area (Å²) >= 11 is 1.17. The number of nitrogens with one attached hydrogen (secondary N) is 1. The lowest BCUT2D eigenvalue weighted by atomic mass is 10.2. The molecule has 0 aliphatic carbocycles. The summed E-state index contributed by atoms with van der Waals surface area (Å²) in [6.45, 7) is 3.44. The van der Waals surface area contributed by atoms with Gasteiger partial charge in [0.05, 0.1) is 11.0 Å². The number of carbonyl (C=O) groups excluding carboxylic acids is 2. The van der Waals surface area contributed by atoms with E-state index in [1.54, 1.807) is 26.0 Å². The average Bonchev–Trinajstić information content (AvgIpc) is 3.34. The van der Waals surface area contributed by atoms with Crippen molar-refractivity contribution in [3.63, 3.8) is 0 Å². The minimum Gasteiger partial charge on any atom is -0.458 e. The number of anilines is 1. The van der Waals surface area contributed by atoms with Crippen LogP contribution in [-0.4, -0.2) is 33.2 Å². The van der Waals surface area contributed by atoms with Gasteiger partial charge in [0.15, 0.2) is 11.6 Å². The van der Waals surface area contributed by atoms with Crippen LogP contribution in [0.1, 0.15) is 18.4 Å². The lowest BCUT2D eigenvalue weighted by Gasteiger charge is -2.09. The van der Waals surface area contributed by atoms with Crippen LogP contribution in [0.4, 0.5) is 5.82 Å². The predicted octanol–water partition coefficient (Wildman–Crippen LogP) is 3.44. The highest BCUT2D eigenvalue weighted by atomic mass is 32.2. The number of hydrogen-bond donors (Lipinski definition) is 1. The normalized spacial score (nSPS) is 11.8. The first kappa shape index (κ1) is 19.7. The van der Waals surface area contributed by atoms with E-state index in [1.165, 1.54) is 11.8 Å². The number of carbonyl (C=O) groups is 2. The van der Waals surface area contributed by atoms with Crippen LogP contribution in [0, 0.1) is 6.92 Å². The van der Waals surface area contributed by atoms with Crippen LogP contribution in [0.5, 0.6) is 0 Å². The number of rotatable bonds is 8. The van der Waals surface area contributed by atoms with Crippen molar-refractivity contribution >= 4 is 29.5 Å². The molecule has 146 valence electrons. The highest BCUT2D eigenvalue weighted by Crippen LogP contribution is 2.20. The van der Waals surface area contributed by atoms with Gasteiger partial charge in [-0.1, -0.05) is 40.6 Å². The van der Waals surface area contributed by atoms with E-state index in [-0.39, 0.29) is 18.3 Å². The molecule has 0 spiro atoms. The molecule has 0 fully saturated rings. The van der Waals surface area contributed by atoms with Gasteiger partial charge in [-0.15, -0.1) is 11.8 Å². The zero-order valence-corrected chi connectivity index (χ0v) is 16.2. The van der Waals surface area contributed by atoms with E-state index in [4.69, 9.17) is 13.8 Å². The molecule has 0 aliphatic rings. The number of amides is 1. The minimum atomic E-state index is -0.457. The fourth-order valence-corrected chi connectivity index (χ4v) is 2.92. The van der Waals surface area contributed by atoms with Crippen LogP contribution in [0.25, 0.3) is 11.3 Å². The summed E-state index contributed by atoms with van der Waals surface area (Å²) in [5.74, 6) is 0.881. The molecule has 2 aromatic heterocycles. The molecule has 0 bridgehead atoms. The van der Waals surface area contributed by atoms with Crippen LogP contribution in [0.15, 0.2) is 51.5 Å². The Morgan fingerprint density at radius 3 is 2.68 bits per heavy atom. The highest BCUT2D eigenvalue weighted by Gasteiger charge is 2.17. The van der Waals surface area contributed by atoms with Gasteiger partial charge in [-0.3, -0.25) is 9.59 Å². The molecule has 1 aromatic carbocycles. The second-order valence-corrected chi connectivity index (χ2v) is 7.30. The summed E-state index contributed by atoms with van der Waals surface area (Å²) in [5, 5.41) is 9.76. The molecule has 0 aliphatic heterocycles. The van der Waals surface area contributed by atoms with Gasteiger partial charge in [0.2, 0.25) is 5.91 Å². The van der Waals surface area contributed by atoms with E-state index in [9.17, 15) is 9.59 Å². The fraction of sp³-hybridized carbons (Fsp3) is 0.263. The summed E-state index contributed by atoms with van der Waals surface area (Å²) in [5.41, 5.74) is 1.41. The van der Waals surface area contributed by atoms with E-state index < -0.39 is 11.2 Å². The van der Waals surface area contributed by atoms with E-state index in [0.717, 1.165) is 5.56 Å². The number of benzene rings is 1. The molecule has 0 radical (unpaired) electrons. The van der Waals surface area contributed by atoms with E-state index in [1.807, 2.05) is 30.3 Å². The number of esters is 1. The molecule has 0 unspecified atom stereocenters. The lowest BCUT2D eigenvalue weighted by molar-refractivity contribution is -0.141. The van der Waals surface area contributed by atoms with Crippen molar-refractivity contribution < 1.29 is 23.4 Å². The minimum absolute atomic E-state index is 0.00845. The zero-order valence-electron chi connectivity index (χ0n) is 15.4. The Balaban J connectivity index is 1.41. The molecule has 3 aromatic rings. The van der Waals surface area contributed by atoms with Crippen molar-refractivity contribution in [2.45, 2.75) is 25.7 Å². The molecular formula is C19H19N3O5S. The largest absolute Gasteiger partial charge is 0.458 e. The van der Waals surface area contributed by atoms with Crippen LogP contribution in [-0.2, 0) is 20.9 Å². The third kappa shape index (κ3) is 5.46. The summed E-state index contributed by atoms with van der Waals surface area (Å²) in [7, 11) is 0. The van der Waals surface area contributed by atoms with Gasteiger partial charge in [-0.2, -0.15) is 0 Å². The first-order chi connectivity index (χ1) is 13.5. The topological polar surface area (TPSA) is 107 Å². The highest BCUT2D eigenvalue weighted by molar-refractivity contribution is 8.01. The SMILES string of the molecule is Cc1cc(NC(=O)[C@H](C)SCC(=O)OCc2cc(-c3ccccc3)on2)no1. The Kier molecular flexibility index (Phi) is 6.49. The van der Waals surface area contributed by atoms with Gasteiger partial charge in [0.1, 0.15) is 18.1 Å². The smallest absolute Gasteiger partial charge is 0.316 e. The molecule has 1 atom stereocenters. The van der Waals surface area contributed by atoms with E-state index >= 15 is 0 Å². The van der Waals surface area contributed by atoms with Crippen LogP contribution >= 0.6 is 11.8 Å². The second kappa shape index (κ2) is 9.23. The standard InChI is InChI=1S/C19H19N3O5S/c1-12-8-17(22-26-12)20-19(24)13(2)28-11-18(23)25-10-15-9-16(27-21-15)14-6-4-3-5-7-14/h3-9,13H,10-11H2,1-2H3,(H,20,22,24)/t13-/m0/s1. The van der Waals surface area contributed by atoms with Gasteiger partial charge in [-0.05, 0) is 13.8 Å². The molecule has 1 N–H and O–H groups in total. The third-order valence-electron chi connectivity index (χ3n) is 3.70. The summed E-state index contributed by atoms with van der Waals surface area (Å²) < 4.78 is 15.3. The Bertz CT molecular complexity index is 938. The number of aromatic nitrogens is 2. The molecule has 2 heterocycles. The monoisotopic (exact) mass is 401 g/mol. The molecule has 0 saturated heterocycles. The number of aryl methyl sites for hydroxylation is 1. The van der Waals surface area contributed by atoms with Crippen LogP contribution in [0.2, 0.25) is 0 Å². The molecule has 1 amide bonds. The maximum atomic E-state index is 12.1. The van der Waals surface area contributed by atoms with Crippen molar-refractivity contribution in [1.29, 1.82) is 0 Å². The molecule has 28 heavy (non-hydrogen) atoms. The maximum Gasteiger partial charge on any atom is 0.316 e. The number of thioether (sulfide) groups is 1. The van der Waals surface area contributed by atoms with Gasteiger partial charge < -0.3 is 19.1 Å². The van der Waals surface area contributed by atoms with Gasteiger partial charge in [0, 0.05) is 17.7 Å².